The second kappa shape index (κ2) is 5.45. The average molecular weight is 218 g/mol. The molecule has 1 amide bonds. The quantitative estimate of drug-likeness (QED) is 0.800. The highest BCUT2D eigenvalue weighted by atomic mass is 19.3. The van der Waals surface area contributed by atoms with Crippen LogP contribution in [0.5, 0.6) is 0 Å². The molecule has 0 aromatic carbocycles. The molecule has 0 aliphatic carbocycles. The molecule has 0 aliphatic heterocycles. The van der Waals surface area contributed by atoms with Gasteiger partial charge in [0.15, 0.2) is 0 Å². The van der Waals surface area contributed by atoms with Crippen molar-refractivity contribution in [1.29, 1.82) is 0 Å². The molecular formula is C9H12F2N2O2. The van der Waals surface area contributed by atoms with Gasteiger partial charge in [0.1, 0.15) is 6.26 Å². The minimum atomic E-state index is -2.56. The van der Waals surface area contributed by atoms with Crippen molar-refractivity contribution in [3.05, 3.63) is 24.2 Å². The molecule has 0 unspecified atom stereocenters. The summed E-state index contributed by atoms with van der Waals surface area (Å²) in [5.41, 5.74) is 5.49. The Balaban J connectivity index is 2.67. The fourth-order valence-corrected chi connectivity index (χ4v) is 1.17. The van der Waals surface area contributed by atoms with Crippen LogP contribution in [0.4, 0.5) is 8.78 Å². The molecule has 0 aliphatic rings. The number of hydrogen-bond acceptors (Lipinski definition) is 3. The Labute approximate surface area is 85.6 Å². The summed E-state index contributed by atoms with van der Waals surface area (Å²) in [7, 11) is 0. The number of nitrogens with two attached hydrogens (primary N) is 1. The molecule has 0 fully saturated rings. The zero-order valence-corrected chi connectivity index (χ0v) is 8.03. The number of halogens is 2. The Kier molecular flexibility index (Phi) is 4.23. The molecular weight excluding hydrogens is 206 g/mol. The molecule has 15 heavy (non-hydrogen) atoms. The van der Waals surface area contributed by atoms with E-state index in [2.05, 4.69) is 0 Å². The molecule has 4 nitrogen and oxygen atoms in total. The van der Waals surface area contributed by atoms with E-state index in [1.807, 2.05) is 0 Å². The van der Waals surface area contributed by atoms with E-state index in [-0.39, 0.29) is 18.7 Å². The summed E-state index contributed by atoms with van der Waals surface area (Å²) in [6.07, 6.45) is -0.0273. The zero-order chi connectivity index (χ0) is 11.3. The highest BCUT2D eigenvalue weighted by Gasteiger charge is 2.19. The van der Waals surface area contributed by atoms with E-state index in [0.717, 1.165) is 4.90 Å². The van der Waals surface area contributed by atoms with Gasteiger partial charge in [-0.3, -0.25) is 4.79 Å². The number of furan rings is 1. The molecule has 2 N–H and O–H groups in total. The lowest BCUT2D eigenvalue weighted by molar-refractivity contribution is 0.0562. The molecule has 0 atom stereocenters. The SMILES string of the molecule is NCCN(CC(F)F)C(=O)c1ccoc1. The first-order valence-corrected chi connectivity index (χ1v) is 4.45. The smallest absolute Gasteiger partial charge is 0.257 e. The fourth-order valence-electron chi connectivity index (χ4n) is 1.17. The van der Waals surface area contributed by atoms with E-state index in [0.29, 0.717) is 0 Å². The Morgan fingerprint density at radius 2 is 2.33 bits per heavy atom. The van der Waals surface area contributed by atoms with Crippen LogP contribution in [0, 0.1) is 0 Å². The Hall–Kier alpha value is -1.43. The second-order valence-corrected chi connectivity index (χ2v) is 2.94. The van der Waals surface area contributed by atoms with Crippen LogP contribution in [0.2, 0.25) is 0 Å². The first-order chi connectivity index (χ1) is 7.15. The summed E-state index contributed by atoms with van der Waals surface area (Å²) in [5.74, 6) is -0.491. The van der Waals surface area contributed by atoms with Crippen LogP contribution in [-0.2, 0) is 0 Å². The van der Waals surface area contributed by atoms with Crippen molar-refractivity contribution in [2.24, 2.45) is 5.73 Å². The van der Waals surface area contributed by atoms with Crippen molar-refractivity contribution < 1.29 is 18.0 Å². The summed E-state index contributed by atoms with van der Waals surface area (Å²) >= 11 is 0. The number of carbonyl (C=O) groups excluding carboxylic acids is 1. The van der Waals surface area contributed by atoms with Gasteiger partial charge >= 0.3 is 0 Å². The van der Waals surface area contributed by atoms with E-state index in [1.54, 1.807) is 0 Å². The van der Waals surface area contributed by atoms with Gasteiger partial charge in [0.05, 0.1) is 18.4 Å². The van der Waals surface area contributed by atoms with Gasteiger partial charge in [0.25, 0.3) is 12.3 Å². The lowest BCUT2D eigenvalue weighted by atomic mass is 10.3. The highest BCUT2D eigenvalue weighted by Crippen LogP contribution is 2.07. The third-order valence-electron chi connectivity index (χ3n) is 1.81. The van der Waals surface area contributed by atoms with E-state index >= 15 is 0 Å². The van der Waals surface area contributed by atoms with Crippen LogP contribution in [-0.4, -0.2) is 36.9 Å². The molecule has 0 spiro atoms. The molecule has 0 radical (unpaired) electrons. The van der Waals surface area contributed by atoms with Gasteiger partial charge in [-0.25, -0.2) is 8.78 Å². The van der Waals surface area contributed by atoms with Crippen LogP contribution in [0.15, 0.2) is 23.0 Å². The summed E-state index contributed by atoms with van der Waals surface area (Å²) < 4.78 is 29.0. The molecule has 1 aromatic rings. The topological polar surface area (TPSA) is 59.5 Å². The number of carbonyl (C=O) groups is 1. The fraction of sp³-hybridized carbons (Fsp3) is 0.444. The summed E-state index contributed by atoms with van der Waals surface area (Å²) in [6.45, 7) is -0.355. The van der Waals surface area contributed by atoms with Crippen molar-refractivity contribution in [1.82, 2.24) is 4.90 Å². The van der Waals surface area contributed by atoms with Gasteiger partial charge < -0.3 is 15.1 Å². The van der Waals surface area contributed by atoms with Crippen molar-refractivity contribution in [2.45, 2.75) is 6.43 Å². The molecule has 84 valence electrons. The van der Waals surface area contributed by atoms with Crippen LogP contribution in [0.3, 0.4) is 0 Å². The van der Waals surface area contributed by atoms with Crippen LogP contribution < -0.4 is 5.73 Å². The molecule has 6 heteroatoms. The molecule has 1 rings (SSSR count). The maximum atomic E-state index is 12.2. The first kappa shape index (κ1) is 11.6. The van der Waals surface area contributed by atoms with E-state index in [4.69, 9.17) is 10.2 Å². The predicted octanol–water partition coefficient (Wildman–Crippen LogP) is 0.946. The average Bonchev–Trinajstić information content (AvgIpc) is 2.68. The summed E-state index contributed by atoms with van der Waals surface area (Å²) in [4.78, 5) is 12.6. The van der Waals surface area contributed by atoms with Gasteiger partial charge in [0.2, 0.25) is 0 Å². The van der Waals surface area contributed by atoms with Gasteiger partial charge in [-0.2, -0.15) is 0 Å². The molecule has 0 saturated carbocycles. The zero-order valence-electron chi connectivity index (χ0n) is 8.03. The van der Waals surface area contributed by atoms with Gasteiger partial charge in [0, 0.05) is 13.1 Å². The van der Waals surface area contributed by atoms with Crippen molar-refractivity contribution in [2.75, 3.05) is 19.6 Å². The maximum Gasteiger partial charge on any atom is 0.257 e. The standard InChI is InChI=1S/C9H12F2N2O2/c10-8(11)5-13(3-2-12)9(14)7-1-4-15-6-7/h1,4,6,8H,2-3,5,12H2. The molecule has 1 aromatic heterocycles. The first-order valence-electron chi connectivity index (χ1n) is 4.45. The van der Waals surface area contributed by atoms with Gasteiger partial charge in [-0.15, -0.1) is 0 Å². The molecule has 1 heterocycles. The predicted molar refractivity (Wildman–Crippen MR) is 49.7 cm³/mol. The lowest BCUT2D eigenvalue weighted by Gasteiger charge is -2.20. The Morgan fingerprint density at radius 3 is 2.80 bits per heavy atom. The largest absolute Gasteiger partial charge is 0.472 e. The lowest BCUT2D eigenvalue weighted by Crippen LogP contribution is -2.38. The Bertz CT molecular complexity index is 301. The number of hydrogen-bond donors (Lipinski definition) is 1. The molecule has 0 saturated heterocycles. The second-order valence-electron chi connectivity index (χ2n) is 2.94. The number of amides is 1. The monoisotopic (exact) mass is 218 g/mol. The summed E-state index contributed by atoms with van der Waals surface area (Å²) in [6, 6.07) is 1.43. The van der Waals surface area contributed by atoms with E-state index in [9.17, 15) is 13.6 Å². The van der Waals surface area contributed by atoms with Crippen LogP contribution in [0.25, 0.3) is 0 Å². The van der Waals surface area contributed by atoms with Crippen molar-refractivity contribution in [3.63, 3.8) is 0 Å². The third-order valence-corrected chi connectivity index (χ3v) is 1.81. The van der Waals surface area contributed by atoms with E-state index < -0.39 is 18.9 Å². The Morgan fingerprint density at radius 1 is 1.60 bits per heavy atom. The number of alkyl halides is 2. The van der Waals surface area contributed by atoms with E-state index in [1.165, 1.54) is 18.6 Å². The van der Waals surface area contributed by atoms with Crippen molar-refractivity contribution in [3.8, 4) is 0 Å². The minimum Gasteiger partial charge on any atom is -0.472 e. The number of rotatable bonds is 5. The summed E-state index contributed by atoms with van der Waals surface area (Å²) in [5, 5.41) is 0. The van der Waals surface area contributed by atoms with Crippen molar-refractivity contribution >= 4 is 5.91 Å². The van der Waals surface area contributed by atoms with Gasteiger partial charge in [-0.05, 0) is 6.07 Å². The normalized spacial score (nSPS) is 10.7. The highest BCUT2D eigenvalue weighted by molar-refractivity contribution is 5.93. The number of nitrogens with zero attached hydrogens (tertiary/aromatic N) is 1. The van der Waals surface area contributed by atoms with Crippen LogP contribution in [0.1, 0.15) is 10.4 Å². The van der Waals surface area contributed by atoms with Gasteiger partial charge in [-0.1, -0.05) is 0 Å². The minimum absolute atomic E-state index is 0.106. The maximum absolute atomic E-state index is 12.2. The third kappa shape index (κ3) is 3.32. The van der Waals surface area contributed by atoms with Crippen LogP contribution >= 0.6 is 0 Å². The molecule has 0 bridgehead atoms.